The van der Waals surface area contributed by atoms with E-state index in [9.17, 15) is 0 Å². The fourth-order valence-corrected chi connectivity index (χ4v) is 4.04. The minimum Gasteiger partial charge on any atom is -0.469 e. The third-order valence-corrected chi connectivity index (χ3v) is 5.69. The van der Waals surface area contributed by atoms with Crippen LogP contribution in [0.15, 0.2) is 27.8 Å². The van der Waals surface area contributed by atoms with Crippen molar-refractivity contribution in [3.63, 3.8) is 0 Å². The van der Waals surface area contributed by atoms with Crippen LogP contribution in [0.4, 0.5) is 0 Å². The van der Waals surface area contributed by atoms with E-state index in [0.717, 1.165) is 63.8 Å². The standard InChI is InChI=1S/C22H38N4O2/c1-18(2)27-17-15-26-13-10-20(11-14-26)25-22(24-19-6-3-4-7-19)23-12-9-21-8-5-16-28-21/h5,8,16,18-20H,3-4,6-7,9-15,17H2,1-2H3,(H2,23,24,25). The monoisotopic (exact) mass is 390 g/mol. The lowest BCUT2D eigenvalue weighted by molar-refractivity contribution is 0.0532. The number of rotatable bonds is 9. The minimum atomic E-state index is 0.320. The second-order valence-corrected chi connectivity index (χ2v) is 8.37. The minimum absolute atomic E-state index is 0.320. The maximum atomic E-state index is 5.69. The number of likely N-dealkylation sites (tertiary alicyclic amines) is 1. The molecule has 1 saturated heterocycles. The average Bonchev–Trinajstić information content (AvgIpc) is 3.37. The molecule has 0 atom stereocenters. The van der Waals surface area contributed by atoms with Crippen LogP contribution < -0.4 is 10.6 Å². The highest BCUT2D eigenvalue weighted by Crippen LogP contribution is 2.18. The second kappa shape index (κ2) is 11.5. The molecule has 1 aromatic heterocycles. The lowest BCUT2D eigenvalue weighted by atomic mass is 10.1. The zero-order valence-corrected chi connectivity index (χ0v) is 17.7. The number of ether oxygens (including phenoxy) is 1. The van der Waals surface area contributed by atoms with Gasteiger partial charge < -0.3 is 24.7 Å². The lowest BCUT2D eigenvalue weighted by Crippen LogP contribution is -2.51. The third-order valence-electron chi connectivity index (χ3n) is 5.69. The molecule has 3 rings (SSSR count). The smallest absolute Gasteiger partial charge is 0.191 e. The molecule has 1 aromatic rings. The van der Waals surface area contributed by atoms with E-state index in [2.05, 4.69) is 29.4 Å². The number of piperidine rings is 1. The van der Waals surface area contributed by atoms with Gasteiger partial charge in [0.05, 0.1) is 19.0 Å². The van der Waals surface area contributed by atoms with E-state index in [1.54, 1.807) is 6.26 Å². The van der Waals surface area contributed by atoms with Gasteiger partial charge in [-0.15, -0.1) is 0 Å². The molecule has 6 nitrogen and oxygen atoms in total. The Hall–Kier alpha value is -1.53. The maximum absolute atomic E-state index is 5.69. The van der Waals surface area contributed by atoms with Crippen LogP contribution in [-0.4, -0.2) is 61.8 Å². The second-order valence-electron chi connectivity index (χ2n) is 8.37. The summed E-state index contributed by atoms with van der Waals surface area (Å²) in [6, 6.07) is 5.03. The Morgan fingerprint density at radius 2 is 1.89 bits per heavy atom. The van der Waals surface area contributed by atoms with Crippen molar-refractivity contribution in [3.8, 4) is 0 Å². The van der Waals surface area contributed by atoms with E-state index < -0.39 is 0 Å². The van der Waals surface area contributed by atoms with Crippen molar-refractivity contribution in [1.82, 2.24) is 15.5 Å². The number of nitrogens with one attached hydrogen (secondary N) is 2. The van der Waals surface area contributed by atoms with Gasteiger partial charge in [0.15, 0.2) is 5.96 Å². The highest BCUT2D eigenvalue weighted by Gasteiger charge is 2.22. The molecule has 1 saturated carbocycles. The van der Waals surface area contributed by atoms with Crippen LogP contribution in [0.2, 0.25) is 0 Å². The van der Waals surface area contributed by atoms with Crippen LogP contribution in [0.5, 0.6) is 0 Å². The highest BCUT2D eigenvalue weighted by atomic mass is 16.5. The summed E-state index contributed by atoms with van der Waals surface area (Å²) in [4.78, 5) is 7.36. The molecule has 0 amide bonds. The van der Waals surface area contributed by atoms with Crippen LogP contribution in [0.1, 0.15) is 58.1 Å². The summed E-state index contributed by atoms with van der Waals surface area (Å²) in [5.74, 6) is 1.99. The van der Waals surface area contributed by atoms with Gasteiger partial charge in [-0.2, -0.15) is 0 Å². The molecule has 1 aliphatic heterocycles. The van der Waals surface area contributed by atoms with Gasteiger partial charge in [-0.1, -0.05) is 12.8 Å². The van der Waals surface area contributed by atoms with Gasteiger partial charge in [0.2, 0.25) is 0 Å². The summed E-state index contributed by atoms with van der Waals surface area (Å²) < 4.78 is 11.1. The van der Waals surface area contributed by atoms with Crippen molar-refractivity contribution in [1.29, 1.82) is 0 Å². The zero-order valence-electron chi connectivity index (χ0n) is 17.7. The van der Waals surface area contributed by atoms with E-state index in [1.807, 2.05) is 12.1 Å². The first-order chi connectivity index (χ1) is 13.7. The van der Waals surface area contributed by atoms with Gasteiger partial charge in [-0.05, 0) is 51.7 Å². The van der Waals surface area contributed by atoms with Gasteiger partial charge >= 0.3 is 0 Å². The molecule has 6 heteroatoms. The molecular formula is C22H38N4O2. The summed E-state index contributed by atoms with van der Waals surface area (Å²) in [7, 11) is 0. The summed E-state index contributed by atoms with van der Waals surface area (Å²) in [6.45, 7) is 9.07. The number of hydrogen-bond donors (Lipinski definition) is 2. The number of aliphatic imine (C=N–C) groups is 1. The van der Waals surface area contributed by atoms with Gasteiger partial charge in [-0.3, -0.25) is 4.99 Å². The molecule has 2 fully saturated rings. The first-order valence-corrected chi connectivity index (χ1v) is 11.1. The fourth-order valence-electron chi connectivity index (χ4n) is 4.04. The predicted octanol–water partition coefficient (Wildman–Crippen LogP) is 3.19. The zero-order chi connectivity index (χ0) is 19.6. The molecule has 0 aromatic carbocycles. The normalized spacial score (nSPS) is 20.2. The highest BCUT2D eigenvalue weighted by molar-refractivity contribution is 5.80. The molecular weight excluding hydrogens is 352 g/mol. The maximum Gasteiger partial charge on any atom is 0.191 e. The molecule has 158 valence electrons. The fraction of sp³-hybridized carbons (Fsp3) is 0.773. The molecule has 2 aliphatic rings. The Morgan fingerprint density at radius 1 is 1.18 bits per heavy atom. The van der Waals surface area contributed by atoms with Crippen molar-refractivity contribution in [3.05, 3.63) is 24.2 Å². The molecule has 0 unspecified atom stereocenters. The molecule has 0 spiro atoms. The summed E-state index contributed by atoms with van der Waals surface area (Å²) in [6.07, 6.45) is 10.4. The quantitative estimate of drug-likeness (QED) is 0.501. The Balaban J connectivity index is 1.44. The van der Waals surface area contributed by atoms with Gasteiger partial charge in [0.1, 0.15) is 5.76 Å². The summed E-state index contributed by atoms with van der Waals surface area (Å²) in [5, 5.41) is 7.38. The van der Waals surface area contributed by atoms with Crippen LogP contribution in [-0.2, 0) is 11.2 Å². The molecule has 1 aliphatic carbocycles. The van der Waals surface area contributed by atoms with Crippen LogP contribution >= 0.6 is 0 Å². The Labute approximate surface area is 170 Å². The van der Waals surface area contributed by atoms with Crippen molar-refractivity contribution in [2.45, 2.75) is 77.0 Å². The largest absolute Gasteiger partial charge is 0.469 e. The Bertz CT molecular complexity index is 559. The first kappa shape index (κ1) is 21.2. The van der Waals surface area contributed by atoms with Crippen LogP contribution in [0, 0.1) is 0 Å². The molecule has 0 radical (unpaired) electrons. The van der Waals surface area contributed by atoms with Crippen molar-refractivity contribution in [2.75, 3.05) is 32.8 Å². The van der Waals surface area contributed by atoms with E-state index in [1.165, 1.54) is 25.7 Å². The SMILES string of the molecule is CC(C)OCCN1CCC(NC(=NCCc2ccco2)NC2CCCC2)CC1. The van der Waals surface area contributed by atoms with Gasteiger partial charge in [-0.25, -0.2) is 0 Å². The Morgan fingerprint density at radius 3 is 2.54 bits per heavy atom. The molecule has 2 heterocycles. The van der Waals surface area contributed by atoms with E-state index in [4.69, 9.17) is 14.1 Å². The number of hydrogen-bond acceptors (Lipinski definition) is 4. The number of guanidine groups is 1. The van der Waals surface area contributed by atoms with Crippen LogP contribution in [0.3, 0.4) is 0 Å². The van der Waals surface area contributed by atoms with E-state index >= 15 is 0 Å². The predicted molar refractivity (Wildman–Crippen MR) is 114 cm³/mol. The first-order valence-electron chi connectivity index (χ1n) is 11.1. The number of furan rings is 1. The molecule has 28 heavy (non-hydrogen) atoms. The van der Waals surface area contributed by atoms with Crippen molar-refractivity contribution < 1.29 is 9.15 Å². The topological polar surface area (TPSA) is 62.0 Å². The summed E-state index contributed by atoms with van der Waals surface area (Å²) in [5.41, 5.74) is 0. The van der Waals surface area contributed by atoms with E-state index in [-0.39, 0.29) is 0 Å². The van der Waals surface area contributed by atoms with E-state index in [0.29, 0.717) is 18.2 Å². The third kappa shape index (κ3) is 7.47. The average molecular weight is 391 g/mol. The number of nitrogens with zero attached hydrogens (tertiary/aromatic N) is 2. The van der Waals surface area contributed by atoms with Crippen molar-refractivity contribution >= 4 is 5.96 Å². The van der Waals surface area contributed by atoms with Crippen LogP contribution in [0.25, 0.3) is 0 Å². The van der Waals surface area contributed by atoms with Crippen molar-refractivity contribution in [2.24, 2.45) is 4.99 Å². The Kier molecular flexibility index (Phi) is 8.68. The molecule has 0 bridgehead atoms. The molecule has 2 N–H and O–H groups in total. The summed E-state index contributed by atoms with van der Waals surface area (Å²) >= 11 is 0. The lowest BCUT2D eigenvalue weighted by Gasteiger charge is -2.33. The van der Waals surface area contributed by atoms with Gasteiger partial charge in [0, 0.05) is 44.7 Å². The van der Waals surface area contributed by atoms with Gasteiger partial charge in [0.25, 0.3) is 0 Å².